The van der Waals surface area contributed by atoms with E-state index in [0.29, 0.717) is 12.5 Å². The van der Waals surface area contributed by atoms with Gasteiger partial charge in [0.15, 0.2) is 5.13 Å². The summed E-state index contributed by atoms with van der Waals surface area (Å²) in [5.74, 6) is 1.49. The summed E-state index contributed by atoms with van der Waals surface area (Å²) in [7, 11) is 4.38. The molecule has 0 bridgehead atoms. The lowest BCUT2D eigenvalue weighted by Gasteiger charge is -2.20. The van der Waals surface area contributed by atoms with Gasteiger partial charge in [0.1, 0.15) is 0 Å². The Labute approximate surface area is 119 Å². The van der Waals surface area contributed by atoms with Crippen molar-refractivity contribution in [1.82, 2.24) is 9.88 Å². The van der Waals surface area contributed by atoms with Gasteiger partial charge in [0.25, 0.3) is 0 Å². The Morgan fingerprint density at radius 1 is 1.42 bits per heavy atom. The fraction of sp³-hybridized carbons (Fsp3) is 0.786. The van der Waals surface area contributed by atoms with Gasteiger partial charge in [0.05, 0.1) is 5.69 Å². The molecule has 1 aromatic rings. The lowest BCUT2D eigenvalue weighted by molar-refractivity contribution is 0.396. The molecule has 2 heterocycles. The van der Waals surface area contributed by atoms with Gasteiger partial charge in [-0.1, -0.05) is 0 Å². The zero-order valence-electron chi connectivity index (χ0n) is 11.9. The molecule has 4 nitrogen and oxygen atoms in total. The summed E-state index contributed by atoms with van der Waals surface area (Å²) < 4.78 is 0. The van der Waals surface area contributed by atoms with Gasteiger partial charge in [-0.2, -0.15) is 0 Å². The van der Waals surface area contributed by atoms with Crippen molar-refractivity contribution in [3.8, 4) is 0 Å². The number of aromatic nitrogens is 1. The van der Waals surface area contributed by atoms with Crippen molar-refractivity contribution in [1.29, 1.82) is 0 Å². The molecular formula is C14H24N4S. The van der Waals surface area contributed by atoms with Crippen molar-refractivity contribution in [3.05, 3.63) is 10.6 Å². The molecule has 1 saturated carbocycles. The van der Waals surface area contributed by atoms with Crippen LogP contribution in [-0.2, 0) is 6.54 Å². The Bertz CT molecular complexity index is 441. The summed E-state index contributed by atoms with van der Waals surface area (Å²) >= 11 is 1.80. The smallest absolute Gasteiger partial charge is 0.185 e. The predicted octanol–water partition coefficient (Wildman–Crippen LogP) is 1.87. The van der Waals surface area contributed by atoms with Crippen LogP contribution in [0.1, 0.15) is 35.8 Å². The Hall–Kier alpha value is -0.650. The fourth-order valence-electron chi connectivity index (χ4n) is 2.98. The number of thiazole rings is 1. The first-order chi connectivity index (χ1) is 9.17. The van der Waals surface area contributed by atoms with E-state index in [2.05, 4.69) is 23.9 Å². The van der Waals surface area contributed by atoms with Crippen molar-refractivity contribution in [2.45, 2.75) is 31.7 Å². The van der Waals surface area contributed by atoms with Crippen molar-refractivity contribution in [2.75, 3.05) is 38.6 Å². The minimum absolute atomic E-state index is 0.642. The van der Waals surface area contributed by atoms with Crippen LogP contribution in [0, 0.1) is 5.92 Å². The van der Waals surface area contributed by atoms with Crippen LogP contribution in [0.2, 0.25) is 0 Å². The lowest BCUT2D eigenvalue weighted by atomic mass is 10.1. The molecule has 3 rings (SSSR count). The maximum atomic E-state index is 5.86. The summed E-state index contributed by atoms with van der Waals surface area (Å²) in [6, 6.07) is 0. The molecule has 0 aromatic carbocycles. The minimum atomic E-state index is 0.642. The normalized spacial score (nSPS) is 24.1. The third-order valence-electron chi connectivity index (χ3n) is 4.21. The van der Waals surface area contributed by atoms with Gasteiger partial charge >= 0.3 is 0 Å². The lowest BCUT2D eigenvalue weighted by Crippen LogP contribution is -2.27. The zero-order chi connectivity index (χ0) is 13.4. The van der Waals surface area contributed by atoms with E-state index in [1.165, 1.54) is 42.9 Å². The second-order valence-corrected chi connectivity index (χ2v) is 7.14. The number of hydrogen-bond acceptors (Lipinski definition) is 5. The summed E-state index contributed by atoms with van der Waals surface area (Å²) in [4.78, 5) is 10.9. The summed E-state index contributed by atoms with van der Waals surface area (Å²) in [5, 5.41) is 1.16. The van der Waals surface area contributed by atoms with Gasteiger partial charge in [-0.3, -0.25) is 0 Å². The maximum absolute atomic E-state index is 5.86. The number of rotatable bonds is 5. The van der Waals surface area contributed by atoms with Crippen LogP contribution in [0.15, 0.2) is 0 Å². The fourth-order valence-corrected chi connectivity index (χ4v) is 3.97. The van der Waals surface area contributed by atoms with Crippen LogP contribution in [0.5, 0.6) is 0 Å². The molecule has 106 valence electrons. The largest absolute Gasteiger partial charge is 0.351 e. The second kappa shape index (κ2) is 5.38. The van der Waals surface area contributed by atoms with E-state index in [1.54, 1.807) is 11.3 Å². The molecule has 19 heavy (non-hydrogen) atoms. The van der Waals surface area contributed by atoms with Gasteiger partial charge < -0.3 is 15.5 Å². The standard InChI is InChI=1S/C14H24N4S/c1-17-6-5-10(8-17)9-18(2)14-16-13(11-3-4-11)12(7-15)19-14/h10-11H,3-9,15H2,1-2H3. The number of likely N-dealkylation sites (tertiary alicyclic amines) is 1. The zero-order valence-corrected chi connectivity index (χ0v) is 12.7. The molecule has 5 heteroatoms. The van der Waals surface area contributed by atoms with E-state index in [1.807, 2.05) is 0 Å². The molecule has 2 N–H and O–H groups in total. The highest BCUT2D eigenvalue weighted by atomic mass is 32.1. The van der Waals surface area contributed by atoms with Crippen molar-refractivity contribution >= 4 is 16.5 Å². The summed E-state index contributed by atoms with van der Waals surface area (Å²) in [5.41, 5.74) is 7.15. The van der Waals surface area contributed by atoms with E-state index >= 15 is 0 Å². The maximum Gasteiger partial charge on any atom is 0.185 e. The highest BCUT2D eigenvalue weighted by Gasteiger charge is 2.30. The highest BCUT2D eigenvalue weighted by molar-refractivity contribution is 7.15. The molecule has 0 spiro atoms. The molecule has 0 radical (unpaired) electrons. The third-order valence-corrected chi connectivity index (χ3v) is 5.42. The van der Waals surface area contributed by atoms with E-state index in [4.69, 9.17) is 10.7 Å². The first-order valence-corrected chi connectivity index (χ1v) is 8.08. The Balaban J connectivity index is 1.67. The Kier molecular flexibility index (Phi) is 3.78. The van der Waals surface area contributed by atoms with Crippen LogP contribution in [0.25, 0.3) is 0 Å². The molecule has 1 unspecified atom stereocenters. The van der Waals surface area contributed by atoms with Gasteiger partial charge in [0, 0.05) is 37.5 Å². The van der Waals surface area contributed by atoms with Crippen LogP contribution < -0.4 is 10.6 Å². The minimum Gasteiger partial charge on any atom is -0.351 e. The van der Waals surface area contributed by atoms with E-state index in [-0.39, 0.29) is 0 Å². The van der Waals surface area contributed by atoms with Gasteiger partial charge in [-0.15, -0.1) is 11.3 Å². The number of hydrogen-bond donors (Lipinski definition) is 1. The predicted molar refractivity (Wildman–Crippen MR) is 80.9 cm³/mol. The quantitative estimate of drug-likeness (QED) is 0.894. The SMILES string of the molecule is CN1CCC(CN(C)c2nc(C3CC3)c(CN)s2)C1. The van der Waals surface area contributed by atoms with Crippen LogP contribution in [-0.4, -0.2) is 43.6 Å². The van der Waals surface area contributed by atoms with Crippen LogP contribution >= 0.6 is 11.3 Å². The molecule has 1 saturated heterocycles. The molecule has 1 atom stereocenters. The molecule has 2 fully saturated rings. The summed E-state index contributed by atoms with van der Waals surface area (Å²) in [6.07, 6.45) is 3.91. The molecule has 2 aliphatic rings. The summed E-state index contributed by atoms with van der Waals surface area (Å²) in [6.45, 7) is 4.21. The van der Waals surface area contributed by atoms with E-state index < -0.39 is 0 Å². The van der Waals surface area contributed by atoms with Crippen LogP contribution in [0.3, 0.4) is 0 Å². The molecular weight excluding hydrogens is 256 g/mol. The molecule has 1 aliphatic heterocycles. The van der Waals surface area contributed by atoms with Gasteiger partial charge in [-0.05, 0) is 38.8 Å². The Morgan fingerprint density at radius 2 is 2.21 bits per heavy atom. The van der Waals surface area contributed by atoms with Crippen molar-refractivity contribution in [2.24, 2.45) is 11.7 Å². The first kappa shape index (κ1) is 13.3. The second-order valence-electron chi connectivity index (χ2n) is 6.08. The van der Waals surface area contributed by atoms with Crippen LogP contribution in [0.4, 0.5) is 5.13 Å². The average Bonchev–Trinajstić information content (AvgIpc) is 3.01. The van der Waals surface area contributed by atoms with Crippen molar-refractivity contribution in [3.63, 3.8) is 0 Å². The van der Waals surface area contributed by atoms with Gasteiger partial charge in [-0.25, -0.2) is 4.98 Å². The molecule has 1 aliphatic carbocycles. The number of anilines is 1. The Morgan fingerprint density at radius 3 is 2.79 bits per heavy atom. The van der Waals surface area contributed by atoms with E-state index in [0.717, 1.165) is 17.6 Å². The number of nitrogens with two attached hydrogens (primary N) is 1. The van der Waals surface area contributed by atoms with E-state index in [9.17, 15) is 0 Å². The number of nitrogens with zero attached hydrogens (tertiary/aromatic N) is 3. The van der Waals surface area contributed by atoms with Crippen molar-refractivity contribution < 1.29 is 0 Å². The molecule has 0 amide bonds. The molecule has 1 aromatic heterocycles. The topological polar surface area (TPSA) is 45.4 Å². The monoisotopic (exact) mass is 280 g/mol. The van der Waals surface area contributed by atoms with Gasteiger partial charge in [0.2, 0.25) is 0 Å². The highest BCUT2D eigenvalue weighted by Crippen LogP contribution is 2.44. The average molecular weight is 280 g/mol. The third kappa shape index (κ3) is 2.93. The first-order valence-electron chi connectivity index (χ1n) is 7.26.